The number of hydrogen-bond acceptors (Lipinski definition) is 3. The monoisotopic (exact) mass is 329 g/mol. The van der Waals surface area contributed by atoms with E-state index in [1.54, 1.807) is 12.5 Å². The van der Waals surface area contributed by atoms with Crippen molar-refractivity contribution in [3.63, 3.8) is 0 Å². The fourth-order valence-corrected chi connectivity index (χ4v) is 3.22. The van der Waals surface area contributed by atoms with Gasteiger partial charge in [-0.1, -0.05) is 24.3 Å². The third-order valence-corrected chi connectivity index (χ3v) is 4.62. The Bertz CT molecular complexity index is 1090. The molecule has 0 aliphatic heterocycles. The third-order valence-electron chi connectivity index (χ3n) is 4.62. The van der Waals surface area contributed by atoms with Crippen LogP contribution in [0.5, 0.6) is 0 Å². The summed E-state index contributed by atoms with van der Waals surface area (Å²) in [5, 5.41) is 9.59. The van der Waals surface area contributed by atoms with Crippen LogP contribution in [0.1, 0.15) is 16.8 Å². The topological polar surface area (TPSA) is 59.5 Å². The molecule has 0 unspecified atom stereocenters. The molecule has 25 heavy (non-hydrogen) atoms. The van der Waals surface area contributed by atoms with Gasteiger partial charge in [-0.05, 0) is 43.2 Å². The first-order valence-electron chi connectivity index (χ1n) is 8.23. The molecule has 1 N–H and O–H groups in total. The molecule has 5 heteroatoms. The van der Waals surface area contributed by atoms with Crippen LogP contribution in [0.15, 0.2) is 61.2 Å². The highest BCUT2D eigenvalue weighted by atomic mass is 15.1. The Hall–Kier alpha value is -3.21. The van der Waals surface area contributed by atoms with E-state index >= 15 is 0 Å². The van der Waals surface area contributed by atoms with Crippen LogP contribution in [0, 0.1) is 19.3 Å². The van der Waals surface area contributed by atoms with E-state index in [1.165, 1.54) is 0 Å². The summed E-state index contributed by atoms with van der Waals surface area (Å²) >= 11 is 0. The summed E-state index contributed by atoms with van der Waals surface area (Å²) in [6.45, 7) is 4.73. The van der Waals surface area contributed by atoms with E-state index in [2.05, 4.69) is 40.5 Å². The number of benzene rings is 1. The van der Waals surface area contributed by atoms with Crippen molar-refractivity contribution in [3.8, 4) is 5.69 Å². The molecule has 3 aromatic heterocycles. The molecule has 3 heterocycles. The smallest absolute Gasteiger partial charge is 0.150 e. The van der Waals surface area contributed by atoms with Crippen LogP contribution < -0.4 is 5.49 Å². The molecule has 0 saturated carbocycles. The summed E-state index contributed by atoms with van der Waals surface area (Å²) < 4.78 is 3.98. The lowest BCUT2D eigenvalue weighted by molar-refractivity contribution is 0.719. The minimum absolute atomic E-state index is 0.476. The minimum Gasteiger partial charge on any atom is -0.312 e. The van der Waals surface area contributed by atoms with Gasteiger partial charge in [0.2, 0.25) is 0 Å². The van der Waals surface area contributed by atoms with Gasteiger partial charge >= 0.3 is 0 Å². The number of nitrogens with one attached hydrogen (secondary N) is 1. The zero-order chi connectivity index (χ0) is 17.4. The largest absolute Gasteiger partial charge is 0.312 e. The average Bonchev–Trinajstić information content (AvgIpc) is 2.90. The third kappa shape index (κ3) is 2.54. The Morgan fingerprint density at radius 3 is 2.56 bits per heavy atom. The first-order chi connectivity index (χ1) is 12.2. The molecule has 5 nitrogen and oxygen atoms in total. The average molecular weight is 329 g/mol. The molecule has 1 aromatic carbocycles. The van der Waals surface area contributed by atoms with E-state index in [0.717, 1.165) is 33.5 Å². The fraction of sp³-hybridized carbons (Fsp3) is 0.150. The van der Waals surface area contributed by atoms with E-state index in [0.29, 0.717) is 12.0 Å². The van der Waals surface area contributed by atoms with Crippen molar-refractivity contribution in [2.45, 2.75) is 20.4 Å². The molecule has 0 radical (unpaired) electrons. The van der Waals surface area contributed by atoms with Crippen LogP contribution in [-0.4, -0.2) is 19.1 Å². The Morgan fingerprint density at radius 1 is 1.04 bits per heavy atom. The van der Waals surface area contributed by atoms with E-state index in [4.69, 9.17) is 5.41 Å². The molecule has 0 aliphatic rings. The Balaban J connectivity index is 1.91. The predicted molar refractivity (Wildman–Crippen MR) is 97.7 cm³/mol. The first kappa shape index (κ1) is 15.3. The highest BCUT2D eigenvalue weighted by Crippen LogP contribution is 2.24. The molecule has 124 valence electrons. The standard InChI is InChI=1S/C20H19N5/c1-14-15(2)25(17-8-4-3-5-9-17)20-18(14)19(21)24(13-23-20)12-16-7-6-10-22-11-16/h3-11,13,21H,12H2,1-2H3. The normalized spacial score (nSPS) is 11.1. The summed E-state index contributed by atoms with van der Waals surface area (Å²) in [5.74, 6) is 0. The zero-order valence-electron chi connectivity index (χ0n) is 14.3. The summed E-state index contributed by atoms with van der Waals surface area (Å²) in [5.41, 5.74) is 5.63. The second kappa shape index (κ2) is 6.02. The van der Waals surface area contributed by atoms with Crippen molar-refractivity contribution in [2.24, 2.45) is 0 Å². The number of pyridine rings is 1. The van der Waals surface area contributed by atoms with Crippen molar-refractivity contribution < 1.29 is 0 Å². The molecule has 4 aromatic rings. The first-order valence-corrected chi connectivity index (χ1v) is 8.23. The fourth-order valence-electron chi connectivity index (χ4n) is 3.22. The quantitative estimate of drug-likeness (QED) is 0.626. The van der Waals surface area contributed by atoms with Gasteiger partial charge in [0, 0.05) is 23.8 Å². The maximum atomic E-state index is 8.69. The van der Waals surface area contributed by atoms with Gasteiger partial charge in [0.25, 0.3) is 0 Å². The number of hydrogen-bond donors (Lipinski definition) is 1. The molecule has 0 amide bonds. The molecular weight excluding hydrogens is 310 g/mol. The van der Waals surface area contributed by atoms with E-state index in [9.17, 15) is 0 Å². The van der Waals surface area contributed by atoms with Gasteiger partial charge in [0.05, 0.1) is 18.3 Å². The summed E-state index contributed by atoms with van der Waals surface area (Å²) in [7, 11) is 0. The van der Waals surface area contributed by atoms with Gasteiger partial charge in [-0.2, -0.15) is 0 Å². The molecule has 0 bridgehead atoms. The van der Waals surface area contributed by atoms with Crippen molar-refractivity contribution in [2.75, 3.05) is 0 Å². The van der Waals surface area contributed by atoms with Gasteiger partial charge in [-0.25, -0.2) is 4.98 Å². The van der Waals surface area contributed by atoms with Gasteiger partial charge in [0.15, 0.2) is 0 Å². The lowest BCUT2D eigenvalue weighted by atomic mass is 10.2. The lowest BCUT2D eigenvalue weighted by Crippen LogP contribution is -2.21. The SMILES string of the molecule is Cc1c(C)n(-c2ccccc2)c2ncn(Cc3cccnc3)c(=N)c12. The molecule has 0 aliphatic carbocycles. The minimum atomic E-state index is 0.476. The highest BCUT2D eigenvalue weighted by molar-refractivity contribution is 5.82. The van der Waals surface area contributed by atoms with Crippen molar-refractivity contribution in [1.82, 2.24) is 19.1 Å². The van der Waals surface area contributed by atoms with Gasteiger partial charge in [0.1, 0.15) is 11.1 Å². The van der Waals surface area contributed by atoms with Crippen LogP contribution in [0.25, 0.3) is 16.7 Å². The van der Waals surface area contributed by atoms with Gasteiger partial charge in [-0.15, -0.1) is 0 Å². The van der Waals surface area contributed by atoms with Crippen molar-refractivity contribution in [3.05, 3.63) is 83.5 Å². The van der Waals surface area contributed by atoms with Gasteiger partial charge in [-0.3, -0.25) is 15.0 Å². The highest BCUT2D eigenvalue weighted by Gasteiger charge is 2.16. The number of fused-ring (bicyclic) bond motifs is 1. The molecule has 0 fully saturated rings. The predicted octanol–water partition coefficient (Wildman–Crippen LogP) is 3.37. The van der Waals surface area contributed by atoms with Gasteiger partial charge < -0.3 is 4.57 Å². The van der Waals surface area contributed by atoms with Crippen molar-refractivity contribution >= 4 is 11.0 Å². The maximum Gasteiger partial charge on any atom is 0.150 e. The van der Waals surface area contributed by atoms with Crippen LogP contribution in [-0.2, 0) is 6.54 Å². The number of rotatable bonds is 3. The van der Waals surface area contributed by atoms with Crippen molar-refractivity contribution in [1.29, 1.82) is 5.41 Å². The Morgan fingerprint density at radius 2 is 1.84 bits per heavy atom. The van der Waals surface area contributed by atoms with E-state index in [1.807, 2.05) is 41.1 Å². The molecule has 0 atom stereocenters. The lowest BCUT2D eigenvalue weighted by Gasteiger charge is -2.09. The zero-order valence-corrected chi connectivity index (χ0v) is 14.3. The number of aryl methyl sites for hydroxylation is 1. The molecule has 0 saturated heterocycles. The molecule has 4 rings (SSSR count). The maximum absolute atomic E-state index is 8.69. The number of aromatic nitrogens is 4. The van der Waals surface area contributed by atoms with E-state index < -0.39 is 0 Å². The van der Waals surface area contributed by atoms with E-state index in [-0.39, 0.29) is 0 Å². The Kier molecular flexibility index (Phi) is 3.69. The Labute approximate surface area is 145 Å². The number of para-hydroxylation sites is 1. The van der Waals surface area contributed by atoms with Crippen LogP contribution in [0.3, 0.4) is 0 Å². The summed E-state index contributed by atoms with van der Waals surface area (Å²) in [6.07, 6.45) is 5.32. The van der Waals surface area contributed by atoms with Crippen LogP contribution >= 0.6 is 0 Å². The van der Waals surface area contributed by atoms with Crippen LogP contribution in [0.2, 0.25) is 0 Å². The number of nitrogens with zero attached hydrogens (tertiary/aromatic N) is 4. The second-order valence-corrected chi connectivity index (χ2v) is 6.16. The summed E-state index contributed by atoms with van der Waals surface area (Å²) in [6, 6.07) is 14.1. The molecular formula is C20H19N5. The second-order valence-electron chi connectivity index (χ2n) is 6.16. The van der Waals surface area contributed by atoms with Crippen LogP contribution in [0.4, 0.5) is 0 Å². The summed E-state index contributed by atoms with van der Waals surface area (Å²) in [4.78, 5) is 8.83. The molecule has 0 spiro atoms.